The van der Waals surface area contributed by atoms with E-state index in [9.17, 15) is 0 Å². The fourth-order valence-electron chi connectivity index (χ4n) is 3.34. The lowest BCUT2D eigenvalue weighted by atomic mass is 10.1. The number of methoxy groups -OCH3 is 2. The zero-order valence-corrected chi connectivity index (χ0v) is 21.4. The zero-order valence-electron chi connectivity index (χ0n) is 19.0. The lowest BCUT2D eigenvalue weighted by molar-refractivity contribution is 0.178. The molecule has 0 aliphatic heterocycles. The van der Waals surface area contributed by atoms with E-state index in [1.807, 2.05) is 12.1 Å². The Labute approximate surface area is 194 Å². The van der Waals surface area contributed by atoms with E-state index in [-0.39, 0.29) is 24.0 Å². The Morgan fingerprint density at radius 3 is 2.28 bits per heavy atom. The highest BCUT2D eigenvalue weighted by molar-refractivity contribution is 14.0. The summed E-state index contributed by atoms with van der Waals surface area (Å²) in [6.45, 7) is 15.2. The Morgan fingerprint density at radius 1 is 1.14 bits per heavy atom. The first kappa shape index (κ1) is 27.5. The first-order valence-corrected chi connectivity index (χ1v) is 9.92. The van der Waals surface area contributed by atoms with Crippen LogP contribution in [0.4, 0.5) is 0 Å². The van der Waals surface area contributed by atoms with Gasteiger partial charge in [-0.15, -0.1) is 30.6 Å². The molecule has 0 saturated carbocycles. The Balaban J connectivity index is 0.00000784. The number of nitrogens with one attached hydrogen (secondary N) is 2. The normalized spacial score (nSPS) is 11.4. The summed E-state index contributed by atoms with van der Waals surface area (Å²) in [5, 5.41) is 6.77. The molecule has 0 unspecified atom stereocenters. The maximum atomic E-state index is 5.50. The molecule has 1 rings (SSSR count). The number of rotatable bonds is 11. The molecule has 2 N–H and O–H groups in total. The van der Waals surface area contributed by atoms with Gasteiger partial charge in [-0.25, -0.2) is 0 Å². The lowest BCUT2D eigenvalue weighted by Crippen LogP contribution is -2.45. The van der Waals surface area contributed by atoms with Crippen LogP contribution in [0.3, 0.4) is 0 Å². The van der Waals surface area contributed by atoms with Gasteiger partial charge in [-0.3, -0.25) is 9.89 Å². The summed E-state index contributed by atoms with van der Waals surface area (Å²) in [6.07, 6.45) is 2.59. The van der Waals surface area contributed by atoms with Crippen molar-refractivity contribution in [2.45, 2.75) is 52.7 Å². The van der Waals surface area contributed by atoms with E-state index in [0.717, 1.165) is 48.1 Å². The maximum Gasteiger partial charge on any atom is 0.191 e. The molecule has 0 radical (unpaired) electrons. The molecule has 7 heteroatoms. The smallest absolute Gasteiger partial charge is 0.191 e. The van der Waals surface area contributed by atoms with E-state index in [1.165, 1.54) is 0 Å². The second-order valence-electron chi connectivity index (χ2n) is 7.26. The predicted molar refractivity (Wildman–Crippen MR) is 134 cm³/mol. The molecular formula is C22H39IN4O2. The summed E-state index contributed by atoms with van der Waals surface area (Å²) in [6, 6.07) is 5.15. The molecule has 1 aromatic rings. The lowest BCUT2D eigenvalue weighted by Gasteiger charge is -2.30. The number of nitrogens with zero attached hydrogens (tertiary/aromatic N) is 2. The number of benzene rings is 1. The van der Waals surface area contributed by atoms with Crippen LogP contribution in [0.1, 0.15) is 38.8 Å². The predicted octanol–water partition coefficient (Wildman–Crippen LogP) is 3.83. The summed E-state index contributed by atoms with van der Waals surface area (Å²) < 4.78 is 11.0. The monoisotopic (exact) mass is 518 g/mol. The maximum absolute atomic E-state index is 5.50. The molecule has 0 saturated heterocycles. The highest BCUT2D eigenvalue weighted by atomic mass is 127. The quantitative estimate of drug-likeness (QED) is 0.202. The van der Waals surface area contributed by atoms with Crippen molar-refractivity contribution >= 4 is 29.9 Å². The molecule has 0 spiro atoms. The SMILES string of the molecule is C=CCc1cc(CNC(=NC)NCCN(C(C)C)C(C)C)cc(OC)c1OC.I. The minimum atomic E-state index is 0. The van der Waals surface area contributed by atoms with Crippen LogP contribution in [-0.4, -0.2) is 57.3 Å². The van der Waals surface area contributed by atoms with Crippen LogP contribution < -0.4 is 20.1 Å². The first-order chi connectivity index (χ1) is 13.4. The van der Waals surface area contributed by atoms with Crippen LogP contribution >= 0.6 is 24.0 Å². The standard InChI is InChI=1S/C22H38N4O2.HI/c1-9-10-19-13-18(14-20(27-7)21(19)28-8)15-25-22(23-6)24-11-12-26(16(2)3)17(4)5;/h9,13-14,16-17H,1,10-12,15H2,2-8H3,(H2,23,24,25);1H. The summed E-state index contributed by atoms with van der Waals surface area (Å²) in [5.74, 6) is 2.27. The third kappa shape index (κ3) is 8.82. The van der Waals surface area contributed by atoms with Crippen LogP contribution in [0.5, 0.6) is 11.5 Å². The van der Waals surface area contributed by atoms with Crippen LogP contribution in [0.15, 0.2) is 29.8 Å². The summed E-state index contributed by atoms with van der Waals surface area (Å²) in [5.41, 5.74) is 2.16. The minimum Gasteiger partial charge on any atom is -0.493 e. The molecule has 166 valence electrons. The molecule has 0 aromatic heterocycles. The van der Waals surface area contributed by atoms with Gasteiger partial charge >= 0.3 is 0 Å². The van der Waals surface area contributed by atoms with Gasteiger partial charge in [-0.05, 0) is 51.8 Å². The van der Waals surface area contributed by atoms with E-state index in [2.05, 4.69) is 60.9 Å². The van der Waals surface area contributed by atoms with Crippen LogP contribution in [0.2, 0.25) is 0 Å². The van der Waals surface area contributed by atoms with E-state index in [4.69, 9.17) is 9.47 Å². The van der Waals surface area contributed by atoms with Crippen molar-refractivity contribution in [3.8, 4) is 11.5 Å². The molecule has 0 amide bonds. The van der Waals surface area contributed by atoms with Crippen molar-refractivity contribution in [3.63, 3.8) is 0 Å². The summed E-state index contributed by atoms with van der Waals surface area (Å²) in [7, 11) is 5.10. The fourth-order valence-corrected chi connectivity index (χ4v) is 3.34. The van der Waals surface area contributed by atoms with Gasteiger partial charge in [-0.1, -0.05) is 6.08 Å². The molecule has 0 aliphatic carbocycles. The van der Waals surface area contributed by atoms with Gasteiger partial charge in [0.15, 0.2) is 17.5 Å². The molecule has 0 aliphatic rings. The number of ether oxygens (including phenoxy) is 2. The Hall–Kier alpha value is -1.48. The largest absolute Gasteiger partial charge is 0.493 e. The molecule has 0 atom stereocenters. The van der Waals surface area contributed by atoms with Gasteiger partial charge in [0.1, 0.15) is 0 Å². The molecule has 0 heterocycles. The van der Waals surface area contributed by atoms with Gasteiger partial charge in [0.05, 0.1) is 14.2 Å². The van der Waals surface area contributed by atoms with Crippen molar-refractivity contribution in [2.75, 3.05) is 34.4 Å². The topological polar surface area (TPSA) is 58.1 Å². The van der Waals surface area contributed by atoms with E-state index < -0.39 is 0 Å². The third-order valence-corrected chi connectivity index (χ3v) is 4.65. The number of hydrogen-bond acceptors (Lipinski definition) is 4. The Kier molecular flexibility index (Phi) is 13.8. The first-order valence-electron chi connectivity index (χ1n) is 9.92. The number of aliphatic imine (C=N–C) groups is 1. The highest BCUT2D eigenvalue weighted by Crippen LogP contribution is 2.33. The van der Waals surface area contributed by atoms with Gasteiger partial charge in [0.2, 0.25) is 0 Å². The van der Waals surface area contributed by atoms with Crippen molar-refractivity contribution in [1.29, 1.82) is 0 Å². The van der Waals surface area contributed by atoms with Gasteiger partial charge in [0.25, 0.3) is 0 Å². The van der Waals surface area contributed by atoms with Crippen LogP contribution in [0.25, 0.3) is 0 Å². The molecule has 0 fully saturated rings. The number of allylic oxidation sites excluding steroid dienone is 1. The van der Waals surface area contributed by atoms with E-state index in [0.29, 0.717) is 18.6 Å². The molecular weight excluding hydrogens is 479 g/mol. The van der Waals surface area contributed by atoms with Gasteiger partial charge < -0.3 is 20.1 Å². The second kappa shape index (κ2) is 14.5. The summed E-state index contributed by atoms with van der Waals surface area (Å²) in [4.78, 5) is 6.78. The zero-order chi connectivity index (χ0) is 21.1. The van der Waals surface area contributed by atoms with Crippen molar-refractivity contribution in [2.24, 2.45) is 4.99 Å². The van der Waals surface area contributed by atoms with E-state index >= 15 is 0 Å². The van der Waals surface area contributed by atoms with Crippen molar-refractivity contribution in [1.82, 2.24) is 15.5 Å². The van der Waals surface area contributed by atoms with Gasteiger partial charge in [-0.2, -0.15) is 0 Å². The number of hydrogen-bond donors (Lipinski definition) is 2. The fraction of sp³-hybridized carbons (Fsp3) is 0.591. The average Bonchev–Trinajstić information content (AvgIpc) is 2.66. The van der Waals surface area contributed by atoms with Crippen molar-refractivity contribution < 1.29 is 9.47 Å². The second-order valence-corrected chi connectivity index (χ2v) is 7.26. The summed E-state index contributed by atoms with van der Waals surface area (Å²) >= 11 is 0. The highest BCUT2D eigenvalue weighted by Gasteiger charge is 2.14. The number of halogens is 1. The third-order valence-electron chi connectivity index (χ3n) is 4.65. The van der Waals surface area contributed by atoms with Crippen molar-refractivity contribution in [3.05, 3.63) is 35.9 Å². The Morgan fingerprint density at radius 2 is 1.79 bits per heavy atom. The average molecular weight is 518 g/mol. The van der Waals surface area contributed by atoms with Crippen LogP contribution in [-0.2, 0) is 13.0 Å². The molecule has 1 aromatic carbocycles. The van der Waals surface area contributed by atoms with Crippen LogP contribution in [0, 0.1) is 0 Å². The minimum absolute atomic E-state index is 0. The molecule has 29 heavy (non-hydrogen) atoms. The van der Waals surface area contributed by atoms with Gasteiger partial charge in [0, 0.05) is 44.3 Å². The molecule has 0 bridgehead atoms. The Bertz CT molecular complexity index is 640. The van der Waals surface area contributed by atoms with E-state index in [1.54, 1.807) is 21.3 Å². The molecule has 6 nitrogen and oxygen atoms in total. The number of guanidine groups is 1.